The molecule has 0 bridgehead atoms. The summed E-state index contributed by atoms with van der Waals surface area (Å²) in [6.07, 6.45) is 5.86. The van der Waals surface area contributed by atoms with Crippen LogP contribution in [0.2, 0.25) is 0 Å². The Balaban J connectivity index is 2.55. The van der Waals surface area contributed by atoms with Crippen LogP contribution in [-0.4, -0.2) is 19.0 Å². The smallest absolute Gasteiger partial charge is 0.233 e. The van der Waals surface area contributed by atoms with Crippen molar-refractivity contribution in [1.82, 2.24) is 0 Å². The first-order chi connectivity index (χ1) is 4.33. The highest BCUT2D eigenvalue weighted by Crippen LogP contribution is 2.30. The van der Waals surface area contributed by atoms with Crippen molar-refractivity contribution < 1.29 is 9.53 Å². The van der Waals surface area contributed by atoms with Crippen LogP contribution in [0.1, 0.15) is 25.7 Å². The van der Waals surface area contributed by atoms with Crippen molar-refractivity contribution in [3.63, 3.8) is 0 Å². The van der Waals surface area contributed by atoms with Crippen molar-refractivity contribution in [2.45, 2.75) is 31.3 Å². The molecule has 0 amide bonds. The fraction of sp³-hybridized carbons (Fsp3) is 0.857. The van der Waals surface area contributed by atoms with Crippen molar-refractivity contribution in [3.05, 3.63) is 0 Å². The maximum absolute atomic E-state index is 10.3. The van der Waals surface area contributed by atoms with Crippen LogP contribution in [0.3, 0.4) is 0 Å². The van der Waals surface area contributed by atoms with E-state index in [1.54, 1.807) is 7.11 Å². The van der Waals surface area contributed by atoms with E-state index in [2.05, 4.69) is 0 Å². The van der Waals surface area contributed by atoms with Gasteiger partial charge in [-0.3, -0.25) is 4.79 Å². The van der Waals surface area contributed by atoms with E-state index in [1.165, 1.54) is 0 Å². The molecule has 2 nitrogen and oxygen atoms in total. The van der Waals surface area contributed by atoms with E-state index in [1.807, 2.05) is 6.29 Å². The maximum atomic E-state index is 10.3. The van der Waals surface area contributed by atoms with Gasteiger partial charge in [0.2, 0.25) is 6.29 Å². The molecule has 0 aliphatic heterocycles. The van der Waals surface area contributed by atoms with Crippen LogP contribution in [0, 0.1) is 0 Å². The lowest BCUT2D eigenvalue weighted by Gasteiger charge is -2.17. The fourth-order valence-electron chi connectivity index (χ4n) is 1.29. The molecule has 0 spiro atoms. The summed E-state index contributed by atoms with van der Waals surface area (Å²) in [4.78, 5) is 10.3. The van der Waals surface area contributed by atoms with Gasteiger partial charge in [-0.1, -0.05) is 0 Å². The molecular weight excluding hydrogens is 116 g/mol. The first kappa shape index (κ1) is 6.75. The van der Waals surface area contributed by atoms with Crippen molar-refractivity contribution in [1.29, 1.82) is 0 Å². The van der Waals surface area contributed by atoms with Crippen LogP contribution < -0.4 is 0 Å². The predicted molar refractivity (Wildman–Crippen MR) is 33.9 cm³/mol. The first-order valence-electron chi connectivity index (χ1n) is 3.27. The fourth-order valence-corrected chi connectivity index (χ4v) is 1.29. The minimum atomic E-state index is -0.528. The van der Waals surface area contributed by atoms with Gasteiger partial charge in [0.1, 0.15) is 5.60 Å². The molecule has 51 valence electrons. The molecule has 0 atom stereocenters. The second-order valence-electron chi connectivity index (χ2n) is 2.51. The van der Waals surface area contributed by atoms with Crippen LogP contribution >= 0.6 is 0 Å². The molecule has 0 unspecified atom stereocenters. The van der Waals surface area contributed by atoms with E-state index in [9.17, 15) is 4.79 Å². The van der Waals surface area contributed by atoms with Gasteiger partial charge in [0.15, 0.2) is 0 Å². The van der Waals surface area contributed by atoms with E-state index in [-0.39, 0.29) is 0 Å². The molecule has 1 rings (SSSR count). The number of methoxy groups -OCH3 is 1. The molecule has 0 heterocycles. The zero-order valence-electron chi connectivity index (χ0n) is 5.64. The second-order valence-corrected chi connectivity index (χ2v) is 2.51. The highest BCUT2D eigenvalue weighted by Gasteiger charge is 2.34. The Morgan fingerprint density at radius 2 is 2.00 bits per heavy atom. The second kappa shape index (κ2) is 2.48. The van der Waals surface area contributed by atoms with Crippen LogP contribution in [0.15, 0.2) is 0 Å². The monoisotopic (exact) mass is 127 g/mol. The zero-order chi connectivity index (χ0) is 6.74. The Hall–Kier alpha value is -0.370. The summed E-state index contributed by atoms with van der Waals surface area (Å²) in [5.41, 5.74) is -0.528. The third-order valence-corrected chi connectivity index (χ3v) is 1.99. The van der Waals surface area contributed by atoms with Crippen LogP contribution in [0.5, 0.6) is 0 Å². The normalized spacial score (nSPS) is 24.1. The Morgan fingerprint density at radius 1 is 1.44 bits per heavy atom. The van der Waals surface area contributed by atoms with E-state index in [4.69, 9.17) is 4.74 Å². The van der Waals surface area contributed by atoms with Crippen LogP contribution in [0.4, 0.5) is 0 Å². The topological polar surface area (TPSA) is 26.3 Å². The van der Waals surface area contributed by atoms with Crippen LogP contribution in [-0.2, 0) is 9.53 Å². The van der Waals surface area contributed by atoms with Gasteiger partial charge >= 0.3 is 0 Å². The summed E-state index contributed by atoms with van der Waals surface area (Å²) >= 11 is 0. The number of ether oxygens (including phenoxy) is 1. The predicted octanol–water partition coefficient (Wildman–Crippen LogP) is 1.06. The number of rotatable bonds is 2. The molecule has 1 fully saturated rings. The summed E-state index contributed by atoms with van der Waals surface area (Å²) in [6, 6.07) is 0. The standard InChI is InChI=1S/C7H11O2/c1-9-7(6-8)4-2-3-5-7/h2-5H2,1H3. The van der Waals surface area contributed by atoms with Gasteiger partial charge in [0.05, 0.1) is 0 Å². The molecule has 1 aliphatic carbocycles. The molecule has 0 saturated heterocycles. The summed E-state index contributed by atoms with van der Waals surface area (Å²) in [5.74, 6) is 0. The molecule has 0 aromatic rings. The lowest BCUT2D eigenvalue weighted by atomic mass is 10.1. The number of hydrogen-bond acceptors (Lipinski definition) is 2. The molecule has 1 aliphatic rings. The molecule has 9 heavy (non-hydrogen) atoms. The summed E-state index contributed by atoms with van der Waals surface area (Å²) in [6.45, 7) is 0. The largest absolute Gasteiger partial charge is 0.370 e. The van der Waals surface area contributed by atoms with Gasteiger partial charge in [-0.05, 0) is 25.7 Å². The van der Waals surface area contributed by atoms with Crippen molar-refractivity contribution in [2.24, 2.45) is 0 Å². The van der Waals surface area contributed by atoms with Crippen molar-refractivity contribution in [2.75, 3.05) is 7.11 Å². The molecule has 0 aromatic carbocycles. The van der Waals surface area contributed by atoms with E-state index < -0.39 is 5.60 Å². The lowest BCUT2D eigenvalue weighted by molar-refractivity contribution is 0.0540. The maximum Gasteiger partial charge on any atom is 0.233 e. The van der Waals surface area contributed by atoms with Crippen molar-refractivity contribution in [3.8, 4) is 0 Å². The third kappa shape index (κ3) is 1.13. The summed E-state index contributed by atoms with van der Waals surface area (Å²) < 4.78 is 5.02. The van der Waals surface area contributed by atoms with E-state index >= 15 is 0 Å². The van der Waals surface area contributed by atoms with E-state index in [0.717, 1.165) is 25.7 Å². The Bertz CT molecular complexity index is 103. The summed E-state index contributed by atoms with van der Waals surface area (Å²) in [5, 5.41) is 0. The minimum absolute atomic E-state index is 0.528. The quantitative estimate of drug-likeness (QED) is 0.554. The van der Waals surface area contributed by atoms with Gasteiger partial charge in [0.25, 0.3) is 0 Å². The average molecular weight is 127 g/mol. The SMILES string of the molecule is COC1([C]=O)CCCC1. The minimum Gasteiger partial charge on any atom is -0.370 e. The highest BCUT2D eigenvalue weighted by molar-refractivity contribution is 5.63. The Labute approximate surface area is 55.2 Å². The molecule has 2 heteroatoms. The van der Waals surface area contributed by atoms with Gasteiger partial charge < -0.3 is 4.74 Å². The third-order valence-electron chi connectivity index (χ3n) is 1.99. The molecule has 1 saturated carbocycles. The molecular formula is C7H11O2. The van der Waals surface area contributed by atoms with E-state index in [0.29, 0.717) is 0 Å². The molecule has 0 N–H and O–H groups in total. The summed E-state index contributed by atoms with van der Waals surface area (Å²) in [7, 11) is 1.58. The Kier molecular flexibility index (Phi) is 1.86. The van der Waals surface area contributed by atoms with Crippen molar-refractivity contribution >= 4 is 6.29 Å². The Morgan fingerprint density at radius 3 is 2.22 bits per heavy atom. The molecule has 1 radical (unpaired) electrons. The average Bonchev–Trinajstić information content (AvgIpc) is 2.36. The van der Waals surface area contributed by atoms with Crippen LogP contribution in [0.25, 0.3) is 0 Å². The number of carbonyl (C=O) groups excluding carboxylic acids is 1. The van der Waals surface area contributed by atoms with Gasteiger partial charge in [-0.2, -0.15) is 0 Å². The highest BCUT2D eigenvalue weighted by atomic mass is 16.5. The zero-order valence-corrected chi connectivity index (χ0v) is 5.64. The number of hydrogen-bond donors (Lipinski definition) is 0. The molecule has 0 aromatic heterocycles. The van der Waals surface area contributed by atoms with Gasteiger partial charge in [0, 0.05) is 7.11 Å². The van der Waals surface area contributed by atoms with Gasteiger partial charge in [-0.25, -0.2) is 0 Å². The lowest BCUT2D eigenvalue weighted by Crippen LogP contribution is -2.28. The first-order valence-corrected chi connectivity index (χ1v) is 3.27. The van der Waals surface area contributed by atoms with Gasteiger partial charge in [-0.15, -0.1) is 0 Å².